The van der Waals surface area contributed by atoms with E-state index in [1.165, 1.54) is 16.9 Å². The van der Waals surface area contributed by atoms with Gasteiger partial charge in [0.25, 0.3) is 0 Å². The van der Waals surface area contributed by atoms with Crippen LogP contribution in [0.1, 0.15) is 30.9 Å². The van der Waals surface area contributed by atoms with Crippen LogP contribution in [0.3, 0.4) is 0 Å². The molecular formula is C21H22N2O2S. The number of nitrogens with zero attached hydrogens (tertiary/aromatic N) is 1. The SMILES string of the molecule is COc1cccc(-c2csc(NC(=O)Cc3ccc(C(C)C)cc3)n2)c1. The Morgan fingerprint density at radius 2 is 1.96 bits per heavy atom. The van der Waals surface area contributed by atoms with E-state index in [2.05, 4.69) is 36.3 Å². The van der Waals surface area contributed by atoms with Gasteiger partial charge in [-0.2, -0.15) is 0 Å². The Morgan fingerprint density at radius 3 is 2.65 bits per heavy atom. The van der Waals surface area contributed by atoms with Gasteiger partial charge in [0.2, 0.25) is 5.91 Å². The van der Waals surface area contributed by atoms with Gasteiger partial charge < -0.3 is 10.1 Å². The van der Waals surface area contributed by atoms with Crippen LogP contribution in [0.2, 0.25) is 0 Å². The van der Waals surface area contributed by atoms with E-state index < -0.39 is 0 Å². The second kappa shape index (κ2) is 8.15. The highest BCUT2D eigenvalue weighted by atomic mass is 32.1. The number of carbonyl (C=O) groups is 1. The molecule has 0 aliphatic heterocycles. The maximum Gasteiger partial charge on any atom is 0.230 e. The van der Waals surface area contributed by atoms with Gasteiger partial charge in [-0.1, -0.05) is 50.2 Å². The van der Waals surface area contributed by atoms with E-state index in [-0.39, 0.29) is 5.91 Å². The van der Waals surface area contributed by atoms with Gasteiger partial charge in [-0.3, -0.25) is 4.79 Å². The van der Waals surface area contributed by atoms with E-state index >= 15 is 0 Å². The molecule has 4 nitrogen and oxygen atoms in total. The number of hydrogen-bond acceptors (Lipinski definition) is 4. The molecule has 1 N–H and O–H groups in total. The first-order valence-corrected chi connectivity index (χ1v) is 9.42. The molecule has 3 aromatic rings. The van der Waals surface area contributed by atoms with E-state index in [9.17, 15) is 4.79 Å². The van der Waals surface area contributed by atoms with Crippen molar-refractivity contribution in [1.82, 2.24) is 4.98 Å². The van der Waals surface area contributed by atoms with Crippen molar-refractivity contribution in [3.8, 4) is 17.0 Å². The van der Waals surface area contributed by atoms with E-state index in [0.717, 1.165) is 22.6 Å². The molecule has 5 heteroatoms. The Kier molecular flexibility index (Phi) is 5.68. The minimum atomic E-state index is -0.0613. The number of aromatic nitrogens is 1. The second-order valence-corrected chi connectivity index (χ2v) is 7.25. The van der Waals surface area contributed by atoms with E-state index in [0.29, 0.717) is 17.5 Å². The van der Waals surface area contributed by atoms with Crippen LogP contribution in [0.15, 0.2) is 53.9 Å². The third kappa shape index (κ3) is 4.49. The normalized spacial score (nSPS) is 10.8. The fourth-order valence-corrected chi connectivity index (χ4v) is 3.35. The van der Waals surface area contributed by atoms with E-state index in [4.69, 9.17) is 4.74 Å². The molecule has 2 aromatic carbocycles. The van der Waals surface area contributed by atoms with Gasteiger partial charge in [-0.25, -0.2) is 4.98 Å². The van der Waals surface area contributed by atoms with Gasteiger partial charge in [0.15, 0.2) is 5.13 Å². The Balaban J connectivity index is 1.64. The van der Waals surface area contributed by atoms with Crippen LogP contribution in [0.5, 0.6) is 5.75 Å². The van der Waals surface area contributed by atoms with Crippen LogP contribution in [-0.2, 0) is 11.2 Å². The molecule has 1 aromatic heterocycles. The summed E-state index contributed by atoms with van der Waals surface area (Å²) in [6, 6.07) is 15.9. The Labute approximate surface area is 157 Å². The van der Waals surface area contributed by atoms with Crippen LogP contribution in [0.4, 0.5) is 5.13 Å². The number of nitrogens with one attached hydrogen (secondary N) is 1. The van der Waals surface area contributed by atoms with Crippen molar-refractivity contribution in [3.05, 3.63) is 65.0 Å². The van der Waals surface area contributed by atoms with Gasteiger partial charge in [-0.05, 0) is 29.2 Å². The number of thiazole rings is 1. The lowest BCUT2D eigenvalue weighted by atomic mass is 10.0. The number of ether oxygens (including phenoxy) is 1. The number of carbonyl (C=O) groups excluding carboxylic acids is 1. The van der Waals surface area contributed by atoms with Crippen molar-refractivity contribution in [2.24, 2.45) is 0 Å². The molecule has 0 bridgehead atoms. The van der Waals surface area contributed by atoms with Crippen molar-refractivity contribution < 1.29 is 9.53 Å². The van der Waals surface area contributed by atoms with Gasteiger partial charge in [0.1, 0.15) is 5.75 Å². The standard InChI is InChI=1S/C21H22N2O2S/c1-14(2)16-9-7-15(8-10-16)11-20(24)23-21-22-19(13-26-21)17-5-4-6-18(12-17)25-3/h4-10,12-14H,11H2,1-3H3,(H,22,23,24). The summed E-state index contributed by atoms with van der Waals surface area (Å²) in [5.74, 6) is 1.21. The average molecular weight is 366 g/mol. The fraction of sp³-hybridized carbons (Fsp3) is 0.238. The molecule has 0 saturated heterocycles. The number of anilines is 1. The number of amides is 1. The molecule has 0 saturated carbocycles. The van der Waals surface area contributed by atoms with Crippen LogP contribution in [0, 0.1) is 0 Å². The average Bonchev–Trinajstić information content (AvgIpc) is 3.10. The summed E-state index contributed by atoms with van der Waals surface area (Å²) in [6.07, 6.45) is 0.340. The summed E-state index contributed by atoms with van der Waals surface area (Å²) in [7, 11) is 1.64. The lowest BCUT2D eigenvalue weighted by molar-refractivity contribution is -0.115. The third-order valence-corrected chi connectivity index (χ3v) is 4.88. The summed E-state index contributed by atoms with van der Waals surface area (Å²) >= 11 is 1.42. The van der Waals surface area contributed by atoms with Crippen molar-refractivity contribution in [2.45, 2.75) is 26.2 Å². The smallest absolute Gasteiger partial charge is 0.230 e. The van der Waals surface area contributed by atoms with Crippen molar-refractivity contribution >= 4 is 22.4 Å². The second-order valence-electron chi connectivity index (χ2n) is 6.39. The summed E-state index contributed by atoms with van der Waals surface area (Å²) in [5.41, 5.74) is 4.06. The van der Waals surface area contributed by atoms with Crippen LogP contribution >= 0.6 is 11.3 Å². The van der Waals surface area contributed by atoms with Gasteiger partial charge >= 0.3 is 0 Å². The molecule has 0 radical (unpaired) electrons. The molecule has 26 heavy (non-hydrogen) atoms. The lowest BCUT2D eigenvalue weighted by Crippen LogP contribution is -2.14. The fourth-order valence-electron chi connectivity index (χ4n) is 2.62. The molecule has 0 unspecified atom stereocenters. The van der Waals surface area contributed by atoms with Crippen molar-refractivity contribution in [1.29, 1.82) is 0 Å². The van der Waals surface area contributed by atoms with Gasteiger partial charge in [0.05, 0.1) is 19.2 Å². The molecule has 0 atom stereocenters. The lowest BCUT2D eigenvalue weighted by Gasteiger charge is -2.07. The topological polar surface area (TPSA) is 51.2 Å². The molecule has 134 valence electrons. The molecule has 3 rings (SSSR count). The van der Waals surface area contributed by atoms with Crippen LogP contribution < -0.4 is 10.1 Å². The maximum absolute atomic E-state index is 12.3. The number of methoxy groups -OCH3 is 1. The first kappa shape index (κ1) is 18.1. The van der Waals surface area contributed by atoms with Crippen LogP contribution in [0.25, 0.3) is 11.3 Å². The Hall–Kier alpha value is -2.66. The zero-order valence-corrected chi connectivity index (χ0v) is 16.0. The Bertz CT molecular complexity index is 885. The summed E-state index contributed by atoms with van der Waals surface area (Å²) in [6.45, 7) is 4.31. The predicted octanol–water partition coefficient (Wildman–Crippen LogP) is 5.12. The number of rotatable bonds is 6. The van der Waals surface area contributed by atoms with Crippen molar-refractivity contribution in [2.75, 3.05) is 12.4 Å². The van der Waals surface area contributed by atoms with E-state index in [1.807, 2.05) is 41.8 Å². The molecule has 0 aliphatic rings. The zero-order chi connectivity index (χ0) is 18.5. The molecule has 1 heterocycles. The Morgan fingerprint density at radius 1 is 1.19 bits per heavy atom. The maximum atomic E-state index is 12.3. The summed E-state index contributed by atoms with van der Waals surface area (Å²) < 4.78 is 5.24. The monoisotopic (exact) mass is 366 g/mol. The summed E-state index contributed by atoms with van der Waals surface area (Å²) in [4.78, 5) is 16.8. The minimum Gasteiger partial charge on any atom is -0.497 e. The highest BCUT2D eigenvalue weighted by molar-refractivity contribution is 7.14. The summed E-state index contributed by atoms with van der Waals surface area (Å²) in [5, 5.41) is 5.42. The minimum absolute atomic E-state index is 0.0613. The highest BCUT2D eigenvalue weighted by Crippen LogP contribution is 2.27. The largest absolute Gasteiger partial charge is 0.497 e. The zero-order valence-electron chi connectivity index (χ0n) is 15.2. The quantitative estimate of drug-likeness (QED) is 0.658. The van der Waals surface area contributed by atoms with Crippen LogP contribution in [-0.4, -0.2) is 18.0 Å². The van der Waals surface area contributed by atoms with Gasteiger partial charge in [-0.15, -0.1) is 11.3 Å². The molecule has 0 spiro atoms. The first-order valence-electron chi connectivity index (χ1n) is 8.54. The van der Waals surface area contributed by atoms with E-state index in [1.54, 1.807) is 7.11 Å². The molecule has 1 amide bonds. The predicted molar refractivity (Wildman–Crippen MR) is 107 cm³/mol. The molecule has 0 fully saturated rings. The third-order valence-electron chi connectivity index (χ3n) is 4.13. The number of benzene rings is 2. The first-order chi connectivity index (χ1) is 12.5. The number of hydrogen-bond donors (Lipinski definition) is 1. The van der Waals surface area contributed by atoms with Crippen molar-refractivity contribution in [3.63, 3.8) is 0 Å². The molecular weight excluding hydrogens is 344 g/mol. The molecule has 0 aliphatic carbocycles. The highest BCUT2D eigenvalue weighted by Gasteiger charge is 2.10. The van der Waals surface area contributed by atoms with Gasteiger partial charge in [0, 0.05) is 10.9 Å².